The van der Waals surface area contributed by atoms with Gasteiger partial charge in [0.15, 0.2) is 0 Å². The first-order valence-corrected chi connectivity index (χ1v) is 8.03. The van der Waals surface area contributed by atoms with E-state index < -0.39 is 0 Å². The first-order chi connectivity index (χ1) is 9.12. The molecule has 1 aliphatic rings. The van der Waals surface area contributed by atoms with Crippen molar-refractivity contribution in [3.63, 3.8) is 0 Å². The van der Waals surface area contributed by atoms with Gasteiger partial charge in [-0.1, -0.05) is 27.2 Å². The minimum atomic E-state index is -0.0624. The van der Waals surface area contributed by atoms with E-state index in [9.17, 15) is 0 Å². The van der Waals surface area contributed by atoms with Crippen LogP contribution in [0.1, 0.15) is 59.3 Å². The Hall–Kier alpha value is -0.120. The van der Waals surface area contributed by atoms with Crippen molar-refractivity contribution >= 4 is 0 Å². The van der Waals surface area contributed by atoms with E-state index in [0.717, 1.165) is 31.8 Å². The van der Waals surface area contributed by atoms with Gasteiger partial charge in [0, 0.05) is 13.2 Å². The molecule has 0 radical (unpaired) electrons. The molecule has 0 atom stereocenters. The standard InChI is InChI=1S/C16H33NO2/c1-4-15-5-8-16(13-17,9-6-15)19-12-11-18-10-7-14(2)3/h14-15H,4-13,17H2,1-3H3. The molecule has 0 amide bonds. The Bertz CT molecular complexity index is 223. The van der Waals surface area contributed by atoms with Crippen LogP contribution in [-0.4, -0.2) is 32.0 Å². The predicted octanol–water partition coefficient (Wildman–Crippen LogP) is 3.36. The van der Waals surface area contributed by atoms with Crippen molar-refractivity contribution in [2.24, 2.45) is 17.6 Å². The predicted molar refractivity (Wildman–Crippen MR) is 80.3 cm³/mol. The molecule has 0 saturated heterocycles. The summed E-state index contributed by atoms with van der Waals surface area (Å²) in [5.41, 5.74) is 5.88. The average molecular weight is 271 g/mol. The zero-order valence-corrected chi connectivity index (χ0v) is 13.1. The third kappa shape index (κ3) is 6.24. The fourth-order valence-electron chi connectivity index (χ4n) is 2.76. The van der Waals surface area contributed by atoms with E-state index in [-0.39, 0.29) is 5.60 Å². The van der Waals surface area contributed by atoms with Gasteiger partial charge in [0.1, 0.15) is 0 Å². The van der Waals surface area contributed by atoms with E-state index in [0.29, 0.717) is 25.7 Å². The Balaban J connectivity index is 2.15. The minimum absolute atomic E-state index is 0.0624. The molecule has 0 heterocycles. The van der Waals surface area contributed by atoms with Crippen molar-refractivity contribution in [1.29, 1.82) is 0 Å². The Kier molecular flexibility index (Phi) is 7.96. The third-order valence-electron chi connectivity index (χ3n) is 4.44. The summed E-state index contributed by atoms with van der Waals surface area (Å²) in [5.74, 6) is 1.59. The lowest BCUT2D eigenvalue weighted by Gasteiger charge is -2.39. The van der Waals surface area contributed by atoms with Crippen LogP contribution in [0.15, 0.2) is 0 Å². The van der Waals surface area contributed by atoms with E-state index in [1.54, 1.807) is 0 Å². The fraction of sp³-hybridized carbons (Fsp3) is 1.00. The van der Waals surface area contributed by atoms with Crippen LogP contribution < -0.4 is 5.73 Å². The second-order valence-electron chi connectivity index (χ2n) is 6.38. The number of hydrogen-bond acceptors (Lipinski definition) is 3. The molecule has 3 heteroatoms. The quantitative estimate of drug-likeness (QED) is 0.654. The first kappa shape index (κ1) is 16.9. The number of hydrogen-bond donors (Lipinski definition) is 1. The summed E-state index contributed by atoms with van der Waals surface area (Å²) in [6, 6.07) is 0. The molecular weight excluding hydrogens is 238 g/mol. The van der Waals surface area contributed by atoms with Crippen LogP contribution >= 0.6 is 0 Å². The van der Waals surface area contributed by atoms with Crippen molar-refractivity contribution in [3.05, 3.63) is 0 Å². The highest BCUT2D eigenvalue weighted by atomic mass is 16.5. The lowest BCUT2D eigenvalue weighted by Crippen LogP contribution is -2.44. The van der Waals surface area contributed by atoms with Gasteiger partial charge >= 0.3 is 0 Å². The molecule has 1 saturated carbocycles. The molecule has 1 fully saturated rings. The van der Waals surface area contributed by atoms with Crippen molar-refractivity contribution in [2.75, 3.05) is 26.4 Å². The average Bonchev–Trinajstić information content (AvgIpc) is 2.43. The van der Waals surface area contributed by atoms with Gasteiger partial charge in [-0.2, -0.15) is 0 Å². The van der Waals surface area contributed by atoms with Crippen molar-refractivity contribution < 1.29 is 9.47 Å². The van der Waals surface area contributed by atoms with E-state index >= 15 is 0 Å². The highest BCUT2D eigenvalue weighted by Crippen LogP contribution is 2.35. The van der Waals surface area contributed by atoms with Gasteiger partial charge in [-0.05, 0) is 43.9 Å². The zero-order chi connectivity index (χ0) is 14.1. The van der Waals surface area contributed by atoms with Gasteiger partial charge in [0.05, 0.1) is 18.8 Å². The maximum absolute atomic E-state index is 6.07. The van der Waals surface area contributed by atoms with Crippen LogP contribution in [0.2, 0.25) is 0 Å². The van der Waals surface area contributed by atoms with Crippen molar-refractivity contribution in [3.8, 4) is 0 Å². The number of rotatable bonds is 9. The van der Waals surface area contributed by atoms with Crippen LogP contribution in [0.3, 0.4) is 0 Å². The van der Waals surface area contributed by atoms with E-state index in [1.807, 2.05) is 0 Å². The summed E-state index contributed by atoms with van der Waals surface area (Å²) >= 11 is 0. The summed E-state index contributed by atoms with van der Waals surface area (Å²) in [7, 11) is 0. The van der Waals surface area contributed by atoms with Gasteiger partial charge in [-0.15, -0.1) is 0 Å². The molecule has 2 N–H and O–H groups in total. The molecule has 0 aromatic rings. The second kappa shape index (κ2) is 8.93. The first-order valence-electron chi connectivity index (χ1n) is 8.03. The van der Waals surface area contributed by atoms with Gasteiger partial charge in [-0.3, -0.25) is 0 Å². The molecule has 0 unspecified atom stereocenters. The summed E-state index contributed by atoms with van der Waals surface area (Å²) in [6.45, 7) is 9.59. The molecule has 0 aromatic carbocycles. The summed E-state index contributed by atoms with van der Waals surface area (Å²) in [6.07, 6.45) is 7.19. The Morgan fingerprint density at radius 2 is 1.84 bits per heavy atom. The van der Waals surface area contributed by atoms with Gasteiger partial charge in [-0.25, -0.2) is 0 Å². The van der Waals surface area contributed by atoms with Crippen LogP contribution in [0, 0.1) is 11.8 Å². The monoisotopic (exact) mass is 271 g/mol. The minimum Gasteiger partial charge on any atom is -0.379 e. The van der Waals surface area contributed by atoms with Gasteiger partial charge in [0.25, 0.3) is 0 Å². The lowest BCUT2D eigenvalue weighted by atomic mass is 9.77. The third-order valence-corrected chi connectivity index (χ3v) is 4.44. The smallest absolute Gasteiger partial charge is 0.0805 e. The fourth-order valence-corrected chi connectivity index (χ4v) is 2.76. The van der Waals surface area contributed by atoms with E-state index in [2.05, 4.69) is 20.8 Å². The topological polar surface area (TPSA) is 44.5 Å². The Labute approximate surface area is 119 Å². The molecule has 3 nitrogen and oxygen atoms in total. The van der Waals surface area contributed by atoms with Gasteiger partial charge < -0.3 is 15.2 Å². The number of ether oxygens (including phenoxy) is 2. The SMILES string of the molecule is CCC1CCC(CN)(OCCOCCC(C)C)CC1. The normalized spacial score (nSPS) is 27.9. The Morgan fingerprint density at radius 1 is 1.16 bits per heavy atom. The summed E-state index contributed by atoms with van der Waals surface area (Å²) < 4.78 is 11.7. The molecule has 0 aromatic heterocycles. The number of nitrogens with two attached hydrogens (primary N) is 1. The molecule has 114 valence electrons. The molecule has 0 aliphatic heterocycles. The molecule has 1 rings (SSSR count). The molecule has 0 spiro atoms. The summed E-state index contributed by atoms with van der Waals surface area (Å²) in [5, 5.41) is 0. The maximum atomic E-state index is 6.07. The van der Waals surface area contributed by atoms with Crippen LogP contribution in [0.25, 0.3) is 0 Å². The van der Waals surface area contributed by atoms with Crippen LogP contribution in [0.4, 0.5) is 0 Å². The van der Waals surface area contributed by atoms with E-state index in [4.69, 9.17) is 15.2 Å². The Morgan fingerprint density at radius 3 is 2.37 bits per heavy atom. The second-order valence-corrected chi connectivity index (χ2v) is 6.38. The molecule has 1 aliphatic carbocycles. The summed E-state index contributed by atoms with van der Waals surface area (Å²) in [4.78, 5) is 0. The zero-order valence-electron chi connectivity index (χ0n) is 13.1. The maximum Gasteiger partial charge on any atom is 0.0805 e. The van der Waals surface area contributed by atoms with Crippen LogP contribution in [-0.2, 0) is 9.47 Å². The van der Waals surface area contributed by atoms with Crippen molar-refractivity contribution in [1.82, 2.24) is 0 Å². The van der Waals surface area contributed by atoms with Crippen molar-refractivity contribution in [2.45, 2.75) is 64.9 Å². The largest absolute Gasteiger partial charge is 0.379 e. The molecular formula is C16H33NO2. The molecule has 0 bridgehead atoms. The lowest BCUT2D eigenvalue weighted by molar-refractivity contribution is -0.0888. The van der Waals surface area contributed by atoms with E-state index in [1.165, 1.54) is 19.3 Å². The van der Waals surface area contributed by atoms with Crippen LogP contribution in [0.5, 0.6) is 0 Å². The van der Waals surface area contributed by atoms with Gasteiger partial charge in [0.2, 0.25) is 0 Å². The highest BCUT2D eigenvalue weighted by molar-refractivity contribution is 4.88. The molecule has 19 heavy (non-hydrogen) atoms. The highest BCUT2D eigenvalue weighted by Gasteiger charge is 2.34.